The van der Waals surface area contributed by atoms with Gasteiger partial charge in [0.1, 0.15) is 0 Å². The highest BCUT2D eigenvalue weighted by Crippen LogP contribution is 2.34. The zero-order valence-electron chi connectivity index (χ0n) is 9.76. The van der Waals surface area contributed by atoms with Gasteiger partial charge in [0.2, 0.25) is 0 Å². The first-order valence-electron chi connectivity index (χ1n) is 5.80. The highest BCUT2D eigenvalue weighted by molar-refractivity contribution is 5.96. The van der Waals surface area contributed by atoms with Gasteiger partial charge >= 0.3 is 6.18 Å². The first-order chi connectivity index (χ1) is 8.30. The summed E-state index contributed by atoms with van der Waals surface area (Å²) in [4.78, 5) is 11.9. The second-order valence-electron chi connectivity index (χ2n) is 4.89. The van der Waals surface area contributed by atoms with Gasteiger partial charge in [0.25, 0.3) is 0 Å². The topological polar surface area (TPSA) is 43.1 Å². The molecule has 1 aromatic carbocycles. The molecule has 2 nitrogen and oxygen atoms in total. The van der Waals surface area contributed by atoms with Gasteiger partial charge in [-0.15, -0.1) is 0 Å². The highest BCUT2D eigenvalue weighted by Gasteiger charge is 2.35. The van der Waals surface area contributed by atoms with Gasteiger partial charge in [-0.1, -0.05) is 12.1 Å². The Morgan fingerprint density at radius 1 is 1.22 bits per heavy atom. The van der Waals surface area contributed by atoms with Gasteiger partial charge in [0.05, 0.1) is 5.56 Å². The first kappa shape index (κ1) is 13.1. The second kappa shape index (κ2) is 4.39. The molecule has 0 radical (unpaired) electrons. The van der Waals surface area contributed by atoms with Gasteiger partial charge in [-0.3, -0.25) is 4.79 Å². The molecule has 98 valence electrons. The molecule has 2 N–H and O–H groups in total. The fourth-order valence-electron chi connectivity index (χ4n) is 2.07. The van der Waals surface area contributed by atoms with Crippen molar-refractivity contribution < 1.29 is 18.0 Å². The summed E-state index contributed by atoms with van der Waals surface area (Å²) in [6.07, 6.45) is -1.54. The largest absolute Gasteiger partial charge is 0.416 e. The molecule has 1 saturated carbocycles. The number of hydrogen-bond acceptors (Lipinski definition) is 2. The summed E-state index contributed by atoms with van der Waals surface area (Å²) < 4.78 is 37.1. The van der Waals surface area contributed by atoms with Crippen molar-refractivity contribution in [2.45, 2.75) is 37.4 Å². The predicted molar refractivity (Wildman–Crippen MR) is 61.2 cm³/mol. The van der Waals surface area contributed by atoms with Gasteiger partial charge in [-0.25, -0.2) is 0 Å². The summed E-state index contributed by atoms with van der Waals surface area (Å²) >= 11 is 0. The number of hydrogen-bond donors (Lipinski definition) is 1. The normalized spacial score (nSPS) is 18.2. The Balaban J connectivity index is 2.07. The first-order valence-corrected chi connectivity index (χ1v) is 5.80. The Labute approximate surface area is 103 Å². The molecule has 1 fully saturated rings. The van der Waals surface area contributed by atoms with Crippen molar-refractivity contribution in [3.05, 3.63) is 35.4 Å². The van der Waals surface area contributed by atoms with E-state index in [1.807, 2.05) is 0 Å². The molecule has 1 aromatic rings. The summed E-state index contributed by atoms with van der Waals surface area (Å²) in [6.45, 7) is 0. The number of alkyl halides is 3. The number of nitrogens with two attached hydrogens (primary N) is 1. The van der Waals surface area contributed by atoms with Crippen molar-refractivity contribution >= 4 is 5.78 Å². The van der Waals surface area contributed by atoms with E-state index in [1.165, 1.54) is 12.1 Å². The van der Waals surface area contributed by atoms with Crippen LogP contribution >= 0.6 is 0 Å². The third kappa shape index (κ3) is 2.72. The molecule has 0 saturated heterocycles. The Morgan fingerprint density at radius 2 is 1.78 bits per heavy atom. The Kier molecular flexibility index (Phi) is 3.19. The number of carbonyl (C=O) groups is 1. The van der Waals surface area contributed by atoms with Crippen molar-refractivity contribution in [2.24, 2.45) is 5.73 Å². The van der Waals surface area contributed by atoms with Crippen LogP contribution in [0.3, 0.4) is 0 Å². The summed E-state index contributed by atoms with van der Waals surface area (Å²) in [5.74, 6) is -0.189. The third-order valence-electron chi connectivity index (χ3n) is 3.40. The molecule has 0 spiro atoms. The molecule has 0 atom stereocenters. The van der Waals surface area contributed by atoms with Gasteiger partial charge < -0.3 is 5.73 Å². The average Bonchev–Trinajstić information content (AvgIpc) is 2.26. The summed E-state index contributed by atoms with van der Waals surface area (Å²) in [7, 11) is 0. The Morgan fingerprint density at radius 3 is 2.17 bits per heavy atom. The summed E-state index contributed by atoms with van der Waals surface area (Å²) in [5.41, 5.74) is 5.04. The maximum atomic E-state index is 12.4. The molecule has 1 aliphatic carbocycles. The van der Waals surface area contributed by atoms with E-state index in [4.69, 9.17) is 5.73 Å². The lowest BCUT2D eigenvalue weighted by atomic mass is 9.74. The van der Waals surface area contributed by atoms with Crippen molar-refractivity contribution in [1.82, 2.24) is 0 Å². The van der Waals surface area contributed by atoms with E-state index >= 15 is 0 Å². The van der Waals surface area contributed by atoms with E-state index in [0.29, 0.717) is 5.56 Å². The van der Waals surface area contributed by atoms with Crippen LogP contribution in [-0.4, -0.2) is 11.3 Å². The maximum absolute atomic E-state index is 12.4. The molecule has 2 rings (SSSR count). The maximum Gasteiger partial charge on any atom is 0.416 e. The molecule has 0 heterocycles. The van der Waals surface area contributed by atoms with Crippen LogP contribution in [0, 0.1) is 0 Å². The standard InChI is InChI=1S/C13H14F3NO/c14-13(15,16)10-4-2-9(3-5-10)11(18)8-12(17)6-1-7-12/h2-5H,1,6-8,17H2. The van der Waals surface area contributed by atoms with Gasteiger partial charge in [0, 0.05) is 17.5 Å². The molecule has 0 unspecified atom stereocenters. The number of carbonyl (C=O) groups excluding carboxylic acids is 1. The van der Waals surface area contributed by atoms with Gasteiger partial charge in [0.15, 0.2) is 5.78 Å². The molecule has 5 heteroatoms. The van der Waals surface area contributed by atoms with Crippen LogP contribution < -0.4 is 5.73 Å². The fourth-order valence-corrected chi connectivity index (χ4v) is 2.07. The van der Waals surface area contributed by atoms with E-state index in [9.17, 15) is 18.0 Å². The van der Waals surface area contributed by atoms with Crippen LogP contribution in [0.15, 0.2) is 24.3 Å². The van der Waals surface area contributed by atoms with Crippen LogP contribution in [0.4, 0.5) is 13.2 Å². The SMILES string of the molecule is NC1(CC(=O)c2ccc(C(F)(F)F)cc2)CCC1. The number of Topliss-reactive ketones (excluding diaryl/α,β-unsaturated/α-hetero) is 1. The Bertz CT molecular complexity index is 446. The van der Waals surface area contributed by atoms with E-state index in [2.05, 4.69) is 0 Å². The van der Waals surface area contributed by atoms with Gasteiger partial charge in [-0.05, 0) is 31.4 Å². The lowest BCUT2D eigenvalue weighted by Gasteiger charge is -2.37. The van der Waals surface area contributed by atoms with Crippen LogP contribution in [-0.2, 0) is 6.18 Å². The lowest BCUT2D eigenvalue weighted by molar-refractivity contribution is -0.137. The lowest BCUT2D eigenvalue weighted by Crippen LogP contribution is -2.48. The van der Waals surface area contributed by atoms with E-state index in [1.54, 1.807) is 0 Å². The number of ketones is 1. The molecule has 1 aliphatic rings. The van der Waals surface area contributed by atoms with Crippen molar-refractivity contribution in [2.75, 3.05) is 0 Å². The third-order valence-corrected chi connectivity index (χ3v) is 3.40. The second-order valence-corrected chi connectivity index (χ2v) is 4.89. The average molecular weight is 257 g/mol. The molecule has 0 aromatic heterocycles. The van der Waals surface area contributed by atoms with Crippen LogP contribution in [0.5, 0.6) is 0 Å². The molecular weight excluding hydrogens is 243 g/mol. The minimum Gasteiger partial charge on any atom is -0.325 e. The van der Waals surface area contributed by atoms with E-state index in [-0.39, 0.29) is 12.2 Å². The highest BCUT2D eigenvalue weighted by atomic mass is 19.4. The van der Waals surface area contributed by atoms with Crippen molar-refractivity contribution in [3.63, 3.8) is 0 Å². The molecule has 0 amide bonds. The number of rotatable bonds is 3. The predicted octanol–water partition coefficient (Wildman–Crippen LogP) is 3.16. The molecule has 18 heavy (non-hydrogen) atoms. The van der Waals surface area contributed by atoms with Gasteiger partial charge in [-0.2, -0.15) is 13.2 Å². The molecular formula is C13H14F3NO. The smallest absolute Gasteiger partial charge is 0.325 e. The minimum absolute atomic E-state index is 0.189. The zero-order chi connectivity index (χ0) is 13.4. The van der Waals surface area contributed by atoms with Crippen LogP contribution in [0.2, 0.25) is 0 Å². The monoisotopic (exact) mass is 257 g/mol. The van der Waals surface area contributed by atoms with E-state index in [0.717, 1.165) is 31.4 Å². The van der Waals surface area contributed by atoms with Crippen molar-refractivity contribution in [3.8, 4) is 0 Å². The number of halogens is 3. The van der Waals surface area contributed by atoms with Crippen LogP contribution in [0.25, 0.3) is 0 Å². The molecule has 0 aliphatic heterocycles. The fraction of sp³-hybridized carbons (Fsp3) is 0.462. The van der Waals surface area contributed by atoms with Crippen LogP contribution in [0.1, 0.15) is 41.6 Å². The summed E-state index contributed by atoms with van der Waals surface area (Å²) in [5, 5.41) is 0. The molecule has 0 bridgehead atoms. The summed E-state index contributed by atoms with van der Waals surface area (Å²) in [6, 6.07) is 4.29. The van der Waals surface area contributed by atoms with E-state index < -0.39 is 17.3 Å². The quantitative estimate of drug-likeness (QED) is 0.845. The number of benzene rings is 1. The zero-order valence-corrected chi connectivity index (χ0v) is 9.76. The Hall–Kier alpha value is -1.36. The minimum atomic E-state index is -4.37. The van der Waals surface area contributed by atoms with Crippen molar-refractivity contribution in [1.29, 1.82) is 0 Å².